The average molecular weight is 441 g/mol. The predicted molar refractivity (Wildman–Crippen MR) is 113 cm³/mol. The van der Waals surface area contributed by atoms with Crippen molar-refractivity contribution in [3.05, 3.63) is 76.3 Å². The molecule has 5 nitrogen and oxygen atoms in total. The summed E-state index contributed by atoms with van der Waals surface area (Å²) in [6.45, 7) is 6.63. The highest BCUT2D eigenvalue weighted by Crippen LogP contribution is 2.37. The maximum absolute atomic E-state index is 12.4. The van der Waals surface area contributed by atoms with Gasteiger partial charge >= 0.3 is 0 Å². The summed E-state index contributed by atoms with van der Waals surface area (Å²) in [4.78, 5) is 12.4. The number of benzene rings is 2. The Hall–Kier alpha value is -3.04. The third-order valence-electron chi connectivity index (χ3n) is 3.65. The van der Waals surface area contributed by atoms with Gasteiger partial charge in [-0.3, -0.25) is 4.79 Å². The second-order valence-corrected chi connectivity index (χ2v) is 6.56. The molecule has 0 saturated carbocycles. The van der Waals surface area contributed by atoms with Gasteiger partial charge in [-0.05, 0) is 52.2 Å². The number of carbonyl (C=O) groups is 1. The molecule has 1 amide bonds. The second kappa shape index (κ2) is 11.0. The van der Waals surface area contributed by atoms with Crippen molar-refractivity contribution in [1.82, 2.24) is 5.32 Å². The molecule has 0 fully saturated rings. The van der Waals surface area contributed by atoms with Crippen molar-refractivity contribution in [2.45, 2.75) is 13.5 Å². The highest BCUT2D eigenvalue weighted by atomic mass is 79.9. The lowest BCUT2D eigenvalue weighted by Gasteiger charge is -2.14. The van der Waals surface area contributed by atoms with Crippen LogP contribution in [0.4, 0.5) is 0 Å². The van der Waals surface area contributed by atoms with Crippen LogP contribution in [0.25, 0.3) is 6.08 Å². The van der Waals surface area contributed by atoms with Gasteiger partial charge in [-0.2, -0.15) is 5.26 Å². The van der Waals surface area contributed by atoms with Crippen molar-refractivity contribution >= 4 is 27.9 Å². The zero-order valence-electron chi connectivity index (χ0n) is 15.6. The van der Waals surface area contributed by atoms with Crippen LogP contribution in [0.1, 0.15) is 18.1 Å². The monoisotopic (exact) mass is 440 g/mol. The fraction of sp³-hybridized carbons (Fsp3) is 0.182. The minimum absolute atomic E-state index is 0.00467. The van der Waals surface area contributed by atoms with Gasteiger partial charge in [0, 0.05) is 6.54 Å². The predicted octanol–water partition coefficient (Wildman–Crippen LogP) is 4.64. The number of nitrogens with one attached hydrogen (secondary N) is 1. The van der Waals surface area contributed by atoms with Gasteiger partial charge in [0.15, 0.2) is 11.5 Å². The molecule has 1 N–H and O–H groups in total. The van der Waals surface area contributed by atoms with Crippen molar-refractivity contribution in [2.24, 2.45) is 0 Å². The molecule has 0 bridgehead atoms. The number of nitrogens with zero attached hydrogens (tertiary/aromatic N) is 1. The Morgan fingerprint density at radius 2 is 2.04 bits per heavy atom. The van der Waals surface area contributed by atoms with E-state index in [1.54, 1.807) is 18.2 Å². The summed E-state index contributed by atoms with van der Waals surface area (Å²) in [6.07, 6.45) is 3.16. The lowest BCUT2D eigenvalue weighted by atomic mass is 10.1. The Labute approximate surface area is 173 Å². The largest absolute Gasteiger partial charge is 0.490 e. The van der Waals surface area contributed by atoms with E-state index in [0.29, 0.717) is 41.3 Å². The number of ether oxygens (including phenoxy) is 2. The Kier molecular flexibility index (Phi) is 8.32. The Bertz CT molecular complexity index is 902. The fourth-order valence-electron chi connectivity index (χ4n) is 2.41. The molecule has 144 valence electrons. The third-order valence-corrected chi connectivity index (χ3v) is 4.24. The fourth-order valence-corrected chi connectivity index (χ4v) is 2.98. The molecule has 2 aromatic rings. The van der Waals surface area contributed by atoms with Crippen LogP contribution in [0.3, 0.4) is 0 Å². The van der Waals surface area contributed by atoms with Gasteiger partial charge in [0.05, 0.1) is 11.1 Å². The van der Waals surface area contributed by atoms with E-state index in [2.05, 4.69) is 27.8 Å². The average Bonchev–Trinajstić information content (AvgIpc) is 2.70. The molecule has 2 aromatic carbocycles. The van der Waals surface area contributed by atoms with Gasteiger partial charge in [-0.1, -0.05) is 43.0 Å². The molecule has 28 heavy (non-hydrogen) atoms. The summed E-state index contributed by atoms with van der Waals surface area (Å²) < 4.78 is 11.9. The summed E-state index contributed by atoms with van der Waals surface area (Å²) in [5, 5.41) is 12.2. The minimum Gasteiger partial charge on any atom is -0.490 e. The molecule has 0 aromatic heterocycles. The summed E-state index contributed by atoms with van der Waals surface area (Å²) >= 11 is 3.46. The van der Waals surface area contributed by atoms with Crippen LogP contribution in [0, 0.1) is 11.3 Å². The number of nitriles is 1. The number of rotatable bonds is 9. The molecule has 0 atom stereocenters. The summed E-state index contributed by atoms with van der Waals surface area (Å²) in [6, 6.07) is 15.0. The van der Waals surface area contributed by atoms with Crippen LogP contribution in [-0.2, 0) is 11.3 Å². The molecule has 0 aliphatic heterocycles. The lowest BCUT2D eigenvalue weighted by molar-refractivity contribution is -0.117. The zero-order chi connectivity index (χ0) is 20.4. The minimum atomic E-state index is -0.438. The summed E-state index contributed by atoms with van der Waals surface area (Å²) in [5.74, 6) is 0.630. The van der Waals surface area contributed by atoms with E-state index >= 15 is 0 Å². The van der Waals surface area contributed by atoms with Gasteiger partial charge in [-0.25, -0.2) is 0 Å². The summed E-state index contributed by atoms with van der Waals surface area (Å²) in [5.41, 5.74) is 1.61. The molecule has 0 unspecified atom stereocenters. The van der Waals surface area contributed by atoms with Crippen molar-refractivity contribution in [1.29, 1.82) is 5.26 Å². The van der Waals surface area contributed by atoms with Crippen LogP contribution in [0.15, 0.2) is 65.2 Å². The van der Waals surface area contributed by atoms with Crippen LogP contribution in [-0.4, -0.2) is 19.1 Å². The Morgan fingerprint density at radius 1 is 1.29 bits per heavy atom. The molecular formula is C22H21BrN2O3. The molecule has 0 radical (unpaired) electrons. The molecule has 0 saturated heterocycles. The van der Waals surface area contributed by atoms with Gasteiger partial charge < -0.3 is 14.8 Å². The molecule has 6 heteroatoms. The van der Waals surface area contributed by atoms with Crippen molar-refractivity contribution in [2.75, 3.05) is 13.2 Å². The molecule has 2 rings (SSSR count). The number of halogens is 1. The van der Waals surface area contributed by atoms with E-state index in [9.17, 15) is 10.1 Å². The van der Waals surface area contributed by atoms with Crippen molar-refractivity contribution in [3.63, 3.8) is 0 Å². The Morgan fingerprint density at radius 3 is 2.68 bits per heavy atom. The molecule has 0 heterocycles. The SMILES string of the molecule is C=CCOc1c(Br)cc(/C=C(\C#N)C(=O)NCc2ccccc2)cc1OCC. The summed E-state index contributed by atoms with van der Waals surface area (Å²) in [7, 11) is 0. The quantitative estimate of drug-likeness (QED) is 0.350. The maximum Gasteiger partial charge on any atom is 0.262 e. The van der Waals surface area contributed by atoms with Crippen molar-refractivity contribution in [3.8, 4) is 17.6 Å². The van der Waals surface area contributed by atoms with Gasteiger partial charge in [-0.15, -0.1) is 0 Å². The van der Waals surface area contributed by atoms with Crippen LogP contribution in [0.5, 0.6) is 11.5 Å². The van der Waals surface area contributed by atoms with Gasteiger partial charge in [0.1, 0.15) is 18.2 Å². The lowest BCUT2D eigenvalue weighted by Crippen LogP contribution is -2.23. The smallest absolute Gasteiger partial charge is 0.262 e. The van der Waals surface area contributed by atoms with Crippen LogP contribution >= 0.6 is 15.9 Å². The number of hydrogen-bond donors (Lipinski definition) is 1. The number of hydrogen-bond acceptors (Lipinski definition) is 4. The standard InChI is InChI=1S/C22H21BrN2O3/c1-3-10-28-21-19(23)12-17(13-20(21)27-4-2)11-18(14-24)22(26)25-15-16-8-6-5-7-9-16/h3,5-9,11-13H,1,4,10,15H2,2H3,(H,25,26)/b18-11+. The van der Waals surface area contributed by atoms with Crippen LogP contribution < -0.4 is 14.8 Å². The molecule has 0 aliphatic carbocycles. The first-order valence-corrected chi connectivity index (χ1v) is 9.52. The van der Waals surface area contributed by atoms with E-state index in [0.717, 1.165) is 5.56 Å². The van der Waals surface area contributed by atoms with E-state index in [4.69, 9.17) is 9.47 Å². The van der Waals surface area contributed by atoms with E-state index in [1.165, 1.54) is 6.08 Å². The highest BCUT2D eigenvalue weighted by molar-refractivity contribution is 9.10. The van der Waals surface area contributed by atoms with Crippen LogP contribution in [0.2, 0.25) is 0 Å². The van der Waals surface area contributed by atoms with E-state index in [1.807, 2.05) is 43.3 Å². The first-order valence-electron chi connectivity index (χ1n) is 8.73. The highest BCUT2D eigenvalue weighted by Gasteiger charge is 2.14. The van der Waals surface area contributed by atoms with Gasteiger partial charge in [0.2, 0.25) is 0 Å². The van der Waals surface area contributed by atoms with E-state index < -0.39 is 5.91 Å². The Balaban J connectivity index is 2.23. The molecule has 0 spiro atoms. The normalized spacial score (nSPS) is 10.7. The number of carbonyl (C=O) groups excluding carboxylic acids is 1. The van der Waals surface area contributed by atoms with Crippen molar-refractivity contribution < 1.29 is 14.3 Å². The van der Waals surface area contributed by atoms with E-state index in [-0.39, 0.29) is 5.57 Å². The second-order valence-electron chi connectivity index (χ2n) is 5.70. The maximum atomic E-state index is 12.4. The first-order chi connectivity index (χ1) is 13.6. The van der Waals surface area contributed by atoms with Gasteiger partial charge in [0.25, 0.3) is 5.91 Å². The topological polar surface area (TPSA) is 71.3 Å². The zero-order valence-corrected chi connectivity index (χ0v) is 17.2. The molecule has 0 aliphatic rings. The third kappa shape index (κ3) is 6.00. The molecular weight excluding hydrogens is 420 g/mol. The first kappa shape index (κ1) is 21.3. The number of amides is 1.